The van der Waals surface area contributed by atoms with E-state index in [-0.39, 0.29) is 11.9 Å². The zero-order valence-electron chi connectivity index (χ0n) is 16.8. The molecule has 8 heteroatoms. The van der Waals surface area contributed by atoms with Crippen molar-refractivity contribution in [3.8, 4) is 0 Å². The van der Waals surface area contributed by atoms with Crippen LogP contribution in [0.25, 0.3) is 10.2 Å². The van der Waals surface area contributed by atoms with Crippen molar-refractivity contribution in [1.82, 2.24) is 4.98 Å². The van der Waals surface area contributed by atoms with E-state index in [0.29, 0.717) is 22.2 Å². The summed E-state index contributed by atoms with van der Waals surface area (Å²) in [4.78, 5) is 29.3. The zero-order valence-corrected chi connectivity index (χ0v) is 17.6. The molecule has 4 aromatic rings. The summed E-state index contributed by atoms with van der Waals surface area (Å²) in [7, 11) is 0. The summed E-state index contributed by atoms with van der Waals surface area (Å²) >= 11 is 1.50. The van der Waals surface area contributed by atoms with Gasteiger partial charge in [-0.2, -0.15) is 0 Å². The Bertz CT molecular complexity index is 1180. The maximum Gasteiger partial charge on any atom is 0.323 e. The minimum atomic E-state index is -0.487. The van der Waals surface area contributed by atoms with Gasteiger partial charge in [-0.3, -0.25) is 4.79 Å². The first-order valence-corrected chi connectivity index (χ1v) is 10.5. The van der Waals surface area contributed by atoms with Crippen LogP contribution < -0.4 is 21.3 Å². The second-order valence-electron chi connectivity index (χ2n) is 6.87. The molecule has 3 amide bonds. The largest absolute Gasteiger partial charge is 0.350 e. The Morgan fingerprint density at radius 1 is 0.806 bits per heavy atom. The summed E-state index contributed by atoms with van der Waals surface area (Å²) in [6, 6.07) is 23.1. The number of urea groups is 1. The van der Waals surface area contributed by atoms with Crippen molar-refractivity contribution in [2.45, 2.75) is 13.0 Å². The normalized spacial score (nSPS) is 11.5. The molecule has 0 fully saturated rings. The van der Waals surface area contributed by atoms with Crippen molar-refractivity contribution in [3.63, 3.8) is 0 Å². The van der Waals surface area contributed by atoms with Gasteiger partial charge >= 0.3 is 6.03 Å². The molecule has 7 nitrogen and oxygen atoms in total. The maximum absolute atomic E-state index is 12.6. The fraction of sp³-hybridized carbons (Fsp3) is 0.0870. The smallest absolute Gasteiger partial charge is 0.323 e. The first-order chi connectivity index (χ1) is 15.1. The molecular formula is C23H21N5O2S. The molecule has 31 heavy (non-hydrogen) atoms. The molecule has 1 aromatic heterocycles. The Morgan fingerprint density at radius 3 is 2.23 bits per heavy atom. The van der Waals surface area contributed by atoms with Crippen LogP contribution in [0.2, 0.25) is 0 Å². The van der Waals surface area contributed by atoms with Crippen LogP contribution in [0.5, 0.6) is 0 Å². The number of hydrogen-bond acceptors (Lipinski definition) is 5. The topological polar surface area (TPSA) is 95.2 Å². The Morgan fingerprint density at radius 2 is 1.45 bits per heavy atom. The van der Waals surface area contributed by atoms with E-state index < -0.39 is 6.04 Å². The van der Waals surface area contributed by atoms with Gasteiger partial charge in [-0.05, 0) is 49.4 Å². The molecule has 1 atom stereocenters. The monoisotopic (exact) mass is 431 g/mol. The minimum absolute atomic E-state index is 0.204. The third-order valence-electron chi connectivity index (χ3n) is 4.45. The number of amides is 3. The lowest BCUT2D eigenvalue weighted by atomic mass is 10.2. The Hall–Kier alpha value is -3.91. The van der Waals surface area contributed by atoms with Gasteiger partial charge in [0.25, 0.3) is 0 Å². The molecule has 0 aliphatic carbocycles. The SMILES string of the molecule is CC(Nc1nc2ccccc2s1)C(=O)Nc1cccc(NC(=O)Nc2ccccc2)c1. The number of para-hydroxylation sites is 2. The van der Waals surface area contributed by atoms with Gasteiger partial charge in [0.1, 0.15) is 6.04 Å². The van der Waals surface area contributed by atoms with Crippen molar-refractivity contribution in [3.05, 3.63) is 78.9 Å². The lowest BCUT2D eigenvalue weighted by molar-refractivity contribution is -0.116. The van der Waals surface area contributed by atoms with Gasteiger partial charge in [-0.1, -0.05) is 47.7 Å². The molecule has 0 radical (unpaired) electrons. The molecule has 4 N–H and O–H groups in total. The van der Waals surface area contributed by atoms with Crippen LogP contribution in [0.3, 0.4) is 0 Å². The number of rotatable bonds is 6. The molecule has 3 aromatic carbocycles. The number of carbonyl (C=O) groups excluding carboxylic acids is 2. The molecule has 0 saturated carbocycles. The van der Waals surface area contributed by atoms with E-state index in [2.05, 4.69) is 26.3 Å². The van der Waals surface area contributed by atoms with Crippen LogP contribution in [0.1, 0.15) is 6.92 Å². The highest BCUT2D eigenvalue weighted by atomic mass is 32.1. The predicted octanol–water partition coefficient (Wildman–Crippen LogP) is 5.38. The van der Waals surface area contributed by atoms with E-state index in [4.69, 9.17) is 0 Å². The second kappa shape index (κ2) is 9.27. The molecule has 0 spiro atoms. The second-order valence-corrected chi connectivity index (χ2v) is 7.90. The molecule has 1 heterocycles. The summed E-state index contributed by atoms with van der Waals surface area (Å²) in [5, 5.41) is 12.2. The maximum atomic E-state index is 12.6. The number of nitrogens with one attached hydrogen (secondary N) is 4. The molecular weight excluding hydrogens is 410 g/mol. The van der Waals surface area contributed by atoms with Gasteiger partial charge in [-0.15, -0.1) is 0 Å². The summed E-state index contributed by atoms with van der Waals surface area (Å²) in [5.74, 6) is -0.204. The highest BCUT2D eigenvalue weighted by Crippen LogP contribution is 2.26. The van der Waals surface area contributed by atoms with Gasteiger partial charge in [0.15, 0.2) is 5.13 Å². The van der Waals surface area contributed by atoms with Crippen LogP contribution in [-0.2, 0) is 4.79 Å². The number of thiazole rings is 1. The van der Waals surface area contributed by atoms with Gasteiger partial charge in [-0.25, -0.2) is 9.78 Å². The molecule has 0 aliphatic rings. The number of fused-ring (bicyclic) bond motifs is 1. The Kier molecular flexibility index (Phi) is 6.09. The summed E-state index contributed by atoms with van der Waals surface area (Å²) in [5.41, 5.74) is 2.74. The van der Waals surface area contributed by atoms with E-state index in [1.54, 1.807) is 43.3 Å². The molecule has 0 saturated heterocycles. The fourth-order valence-corrected chi connectivity index (χ4v) is 3.88. The summed E-state index contributed by atoms with van der Waals surface area (Å²) < 4.78 is 1.06. The number of anilines is 4. The standard InChI is InChI=1S/C23H21N5O2S/c1-15(24-23-28-19-12-5-6-13-20(19)31-23)21(29)25-17-10-7-11-18(14-17)27-22(30)26-16-8-3-2-4-9-16/h2-15H,1H3,(H,24,28)(H,25,29)(H2,26,27,30). The molecule has 1 unspecified atom stereocenters. The third-order valence-corrected chi connectivity index (χ3v) is 5.41. The average Bonchev–Trinajstić information content (AvgIpc) is 3.17. The number of benzene rings is 3. The average molecular weight is 432 g/mol. The molecule has 156 valence electrons. The van der Waals surface area contributed by atoms with E-state index >= 15 is 0 Å². The van der Waals surface area contributed by atoms with Crippen LogP contribution in [0.4, 0.5) is 27.0 Å². The predicted molar refractivity (Wildman–Crippen MR) is 127 cm³/mol. The fourth-order valence-electron chi connectivity index (χ4n) is 2.92. The van der Waals surface area contributed by atoms with Gasteiger partial charge in [0.2, 0.25) is 5.91 Å². The number of hydrogen-bond donors (Lipinski definition) is 4. The van der Waals surface area contributed by atoms with Crippen molar-refractivity contribution in [1.29, 1.82) is 0 Å². The van der Waals surface area contributed by atoms with E-state index in [9.17, 15) is 9.59 Å². The van der Waals surface area contributed by atoms with Gasteiger partial charge < -0.3 is 21.3 Å². The summed E-state index contributed by atoms with van der Waals surface area (Å²) in [6.07, 6.45) is 0. The third kappa shape index (κ3) is 5.37. The highest BCUT2D eigenvalue weighted by Gasteiger charge is 2.15. The lowest BCUT2D eigenvalue weighted by Crippen LogP contribution is -2.31. The van der Waals surface area contributed by atoms with E-state index in [0.717, 1.165) is 10.2 Å². The summed E-state index contributed by atoms with van der Waals surface area (Å²) in [6.45, 7) is 1.77. The molecule has 4 rings (SSSR count). The quantitative estimate of drug-likeness (QED) is 0.330. The van der Waals surface area contributed by atoms with E-state index in [1.165, 1.54) is 11.3 Å². The van der Waals surface area contributed by atoms with Crippen molar-refractivity contribution in [2.75, 3.05) is 21.3 Å². The number of carbonyl (C=O) groups is 2. The van der Waals surface area contributed by atoms with Gasteiger partial charge in [0.05, 0.1) is 10.2 Å². The van der Waals surface area contributed by atoms with E-state index in [1.807, 2.05) is 42.5 Å². The van der Waals surface area contributed by atoms with Crippen LogP contribution in [0, 0.1) is 0 Å². The Labute approximate surface area is 183 Å². The lowest BCUT2D eigenvalue weighted by Gasteiger charge is -2.14. The first kappa shape index (κ1) is 20.4. The molecule has 0 aliphatic heterocycles. The van der Waals surface area contributed by atoms with Crippen molar-refractivity contribution < 1.29 is 9.59 Å². The number of nitrogens with zero attached hydrogens (tertiary/aromatic N) is 1. The zero-order chi connectivity index (χ0) is 21.6. The van der Waals surface area contributed by atoms with Crippen LogP contribution >= 0.6 is 11.3 Å². The van der Waals surface area contributed by atoms with Gasteiger partial charge in [0, 0.05) is 17.1 Å². The first-order valence-electron chi connectivity index (χ1n) is 9.73. The van der Waals surface area contributed by atoms with Crippen LogP contribution in [-0.4, -0.2) is 23.0 Å². The minimum Gasteiger partial charge on any atom is -0.350 e. The Balaban J connectivity index is 1.35. The van der Waals surface area contributed by atoms with Crippen LogP contribution in [0.15, 0.2) is 78.9 Å². The van der Waals surface area contributed by atoms with Crippen molar-refractivity contribution >= 4 is 55.7 Å². The number of aromatic nitrogens is 1. The van der Waals surface area contributed by atoms with Crippen molar-refractivity contribution in [2.24, 2.45) is 0 Å². The highest BCUT2D eigenvalue weighted by molar-refractivity contribution is 7.22. The molecule has 0 bridgehead atoms.